The van der Waals surface area contributed by atoms with Crippen molar-refractivity contribution >= 4 is 0 Å². The molecule has 0 aliphatic carbocycles. The highest BCUT2D eigenvalue weighted by atomic mass is 19.1. The number of rotatable bonds is 23. The van der Waals surface area contributed by atoms with Crippen LogP contribution in [0, 0.1) is 25.5 Å². The first kappa shape index (κ1) is 44.1. The van der Waals surface area contributed by atoms with Gasteiger partial charge in [0.15, 0.2) is 0 Å². The maximum absolute atomic E-state index is 13.7. The SMILES string of the molecule is Cc1c(COC[C@@H](OCc2ccc(F)cc2)[C@@H](O)[C@H](O)[C@@H](COCc2cccc(OCc3ccccc3)c2C)OCc2ccc(F)cc2)cccc1OCc1ccccc1. The Kier molecular flexibility index (Phi) is 16.7. The number of benzene rings is 6. The zero-order valence-electron chi connectivity index (χ0n) is 33.9. The summed E-state index contributed by atoms with van der Waals surface area (Å²) in [5.74, 6) is 0.675. The monoisotopic (exact) mass is 818 g/mol. The van der Waals surface area contributed by atoms with E-state index in [0.717, 1.165) is 44.9 Å². The number of hydrogen-bond donors (Lipinski definition) is 2. The summed E-state index contributed by atoms with van der Waals surface area (Å²) in [6.45, 7) is 4.92. The maximum atomic E-state index is 13.7. The van der Waals surface area contributed by atoms with Crippen molar-refractivity contribution < 1.29 is 47.4 Å². The van der Waals surface area contributed by atoms with Crippen molar-refractivity contribution in [1.29, 1.82) is 0 Å². The fraction of sp³-hybridized carbons (Fsp3) is 0.280. The van der Waals surface area contributed by atoms with E-state index >= 15 is 0 Å². The zero-order valence-corrected chi connectivity index (χ0v) is 33.9. The molecule has 0 heterocycles. The summed E-state index contributed by atoms with van der Waals surface area (Å²) in [4.78, 5) is 0. The molecule has 6 aromatic carbocycles. The van der Waals surface area contributed by atoms with Crippen LogP contribution >= 0.6 is 0 Å². The molecule has 0 saturated carbocycles. The molecule has 314 valence electrons. The molecule has 6 rings (SSSR count). The molecule has 0 amide bonds. The minimum absolute atomic E-state index is 0.0134. The molecule has 0 radical (unpaired) electrons. The van der Waals surface area contributed by atoms with Gasteiger partial charge in [-0.05, 0) is 94.8 Å². The first-order valence-electron chi connectivity index (χ1n) is 20.0. The largest absolute Gasteiger partial charge is 0.489 e. The molecule has 0 aliphatic heterocycles. The van der Waals surface area contributed by atoms with Crippen LogP contribution in [0.5, 0.6) is 11.5 Å². The molecule has 0 spiro atoms. The Balaban J connectivity index is 1.14. The number of hydrogen-bond acceptors (Lipinski definition) is 8. The Morgan fingerprint density at radius 2 is 0.783 bits per heavy atom. The maximum Gasteiger partial charge on any atom is 0.123 e. The van der Waals surface area contributed by atoms with Gasteiger partial charge >= 0.3 is 0 Å². The Hall–Kier alpha value is -5.46. The van der Waals surface area contributed by atoms with Gasteiger partial charge in [0.1, 0.15) is 60.8 Å². The van der Waals surface area contributed by atoms with Gasteiger partial charge in [0.25, 0.3) is 0 Å². The van der Waals surface area contributed by atoms with Gasteiger partial charge in [-0.25, -0.2) is 8.78 Å². The molecule has 0 aromatic heterocycles. The van der Waals surface area contributed by atoms with E-state index in [-0.39, 0.29) is 51.3 Å². The second kappa shape index (κ2) is 22.8. The average molecular weight is 819 g/mol. The van der Waals surface area contributed by atoms with E-state index in [2.05, 4.69) is 0 Å². The van der Waals surface area contributed by atoms with Gasteiger partial charge in [-0.3, -0.25) is 0 Å². The second-order valence-electron chi connectivity index (χ2n) is 14.6. The molecule has 60 heavy (non-hydrogen) atoms. The van der Waals surface area contributed by atoms with Gasteiger partial charge in [-0.2, -0.15) is 0 Å². The van der Waals surface area contributed by atoms with Crippen LogP contribution in [0.25, 0.3) is 0 Å². The lowest BCUT2D eigenvalue weighted by Gasteiger charge is -2.32. The van der Waals surface area contributed by atoms with E-state index in [0.29, 0.717) is 24.3 Å². The van der Waals surface area contributed by atoms with Crippen molar-refractivity contribution in [3.05, 3.63) is 202 Å². The smallest absolute Gasteiger partial charge is 0.123 e. The molecule has 4 atom stereocenters. The quantitative estimate of drug-likeness (QED) is 0.0661. The minimum Gasteiger partial charge on any atom is -0.489 e. The molecule has 0 aliphatic rings. The van der Waals surface area contributed by atoms with Crippen LogP contribution in [-0.2, 0) is 58.6 Å². The van der Waals surface area contributed by atoms with Crippen LogP contribution in [0.15, 0.2) is 146 Å². The van der Waals surface area contributed by atoms with E-state index in [1.807, 2.05) is 111 Å². The highest BCUT2D eigenvalue weighted by Crippen LogP contribution is 2.26. The normalized spacial score (nSPS) is 13.4. The topological polar surface area (TPSA) is 95.8 Å². The van der Waals surface area contributed by atoms with Crippen molar-refractivity contribution in [2.75, 3.05) is 13.2 Å². The van der Waals surface area contributed by atoms with Crippen LogP contribution in [0.1, 0.15) is 44.5 Å². The summed E-state index contributed by atoms with van der Waals surface area (Å²) in [6, 6.07) is 42.9. The number of halogens is 2. The number of aliphatic hydroxyl groups is 2. The number of aliphatic hydroxyl groups excluding tert-OH is 2. The van der Waals surface area contributed by atoms with E-state index in [4.69, 9.17) is 28.4 Å². The van der Waals surface area contributed by atoms with Crippen molar-refractivity contribution in [2.24, 2.45) is 0 Å². The third-order valence-corrected chi connectivity index (χ3v) is 10.2. The van der Waals surface area contributed by atoms with Crippen LogP contribution in [0.2, 0.25) is 0 Å². The fourth-order valence-electron chi connectivity index (χ4n) is 6.48. The molecule has 0 unspecified atom stereocenters. The van der Waals surface area contributed by atoms with E-state index in [1.165, 1.54) is 24.3 Å². The van der Waals surface area contributed by atoms with Gasteiger partial charge < -0.3 is 38.6 Å². The molecular formula is C50H52F2O8. The van der Waals surface area contributed by atoms with Crippen LogP contribution in [-0.4, -0.2) is 47.8 Å². The summed E-state index contributed by atoms with van der Waals surface area (Å²) in [7, 11) is 0. The third kappa shape index (κ3) is 13.3. The zero-order chi connectivity index (χ0) is 42.1. The first-order valence-corrected chi connectivity index (χ1v) is 20.0. The molecule has 0 bridgehead atoms. The lowest BCUT2D eigenvalue weighted by Crippen LogP contribution is -2.49. The second-order valence-corrected chi connectivity index (χ2v) is 14.6. The predicted molar refractivity (Wildman–Crippen MR) is 225 cm³/mol. The summed E-state index contributed by atoms with van der Waals surface area (Å²) < 4.78 is 64.3. The summed E-state index contributed by atoms with van der Waals surface area (Å²) in [5.41, 5.74) is 7.01. The Labute approximate surface area is 350 Å². The van der Waals surface area contributed by atoms with Gasteiger partial charge in [0.2, 0.25) is 0 Å². The lowest BCUT2D eigenvalue weighted by molar-refractivity contribution is -0.170. The van der Waals surface area contributed by atoms with Gasteiger partial charge in [-0.1, -0.05) is 109 Å². The Bertz CT molecular complexity index is 2010. The lowest BCUT2D eigenvalue weighted by atomic mass is 10.0. The van der Waals surface area contributed by atoms with Gasteiger partial charge in [-0.15, -0.1) is 0 Å². The van der Waals surface area contributed by atoms with Gasteiger partial charge in [0.05, 0.1) is 39.6 Å². The highest BCUT2D eigenvalue weighted by molar-refractivity contribution is 5.40. The third-order valence-electron chi connectivity index (χ3n) is 10.2. The first-order chi connectivity index (χ1) is 29.2. The summed E-state index contributed by atoms with van der Waals surface area (Å²) in [6.07, 6.45) is -5.10. The Morgan fingerprint density at radius 1 is 0.417 bits per heavy atom. The van der Waals surface area contributed by atoms with Crippen molar-refractivity contribution in [1.82, 2.24) is 0 Å². The highest BCUT2D eigenvalue weighted by Gasteiger charge is 2.34. The molecular weight excluding hydrogens is 767 g/mol. The van der Waals surface area contributed by atoms with Crippen molar-refractivity contribution in [2.45, 2.75) is 77.9 Å². The van der Waals surface area contributed by atoms with Gasteiger partial charge in [0, 0.05) is 0 Å². The molecule has 6 aromatic rings. The molecule has 10 heteroatoms. The standard InChI is InChI=1S/C50H52F2O8/c1-35-41(15-9-17-45(35)57-27-37-11-5-3-6-12-37)31-55-33-47(59-29-39-19-23-43(51)24-20-39)49(53)50(54)48(60-30-40-21-25-44(52)26-22-40)34-56-32-42-16-10-18-46(36(42)2)58-28-38-13-7-4-8-14-38/h3-26,47-50,53-54H,27-34H2,1-2H3/t47-,48-,49-,50-/m1/s1. The Morgan fingerprint density at radius 3 is 1.17 bits per heavy atom. The van der Waals surface area contributed by atoms with Crippen LogP contribution in [0.4, 0.5) is 8.78 Å². The van der Waals surface area contributed by atoms with Crippen molar-refractivity contribution in [3.63, 3.8) is 0 Å². The molecule has 2 N–H and O–H groups in total. The van der Waals surface area contributed by atoms with Crippen LogP contribution < -0.4 is 9.47 Å². The van der Waals surface area contributed by atoms with E-state index in [1.54, 1.807) is 24.3 Å². The van der Waals surface area contributed by atoms with Crippen LogP contribution in [0.3, 0.4) is 0 Å². The fourth-order valence-corrected chi connectivity index (χ4v) is 6.48. The minimum atomic E-state index is -1.51. The van der Waals surface area contributed by atoms with E-state index < -0.39 is 24.4 Å². The summed E-state index contributed by atoms with van der Waals surface area (Å²) in [5, 5.41) is 23.6. The molecule has 0 saturated heterocycles. The predicted octanol–water partition coefficient (Wildman–Crippen LogP) is 9.37. The number of ether oxygens (including phenoxy) is 6. The molecule has 8 nitrogen and oxygen atoms in total. The summed E-state index contributed by atoms with van der Waals surface area (Å²) >= 11 is 0. The van der Waals surface area contributed by atoms with Crippen molar-refractivity contribution in [3.8, 4) is 11.5 Å². The average Bonchev–Trinajstić information content (AvgIpc) is 3.27. The molecule has 0 fully saturated rings. The van der Waals surface area contributed by atoms with E-state index in [9.17, 15) is 19.0 Å².